The predicted octanol–water partition coefficient (Wildman–Crippen LogP) is 2.74. The maximum atomic E-state index is 13.8. The third-order valence-electron chi connectivity index (χ3n) is 6.16. The van der Waals surface area contributed by atoms with E-state index in [9.17, 15) is 18.3 Å². The summed E-state index contributed by atoms with van der Waals surface area (Å²) in [6.07, 6.45) is -1.73. The number of nitrogens with one attached hydrogen (secondary N) is 2. The zero-order chi connectivity index (χ0) is 21.8. The number of anilines is 1. The van der Waals surface area contributed by atoms with Crippen LogP contribution in [0.15, 0.2) is 36.7 Å². The van der Waals surface area contributed by atoms with E-state index in [-0.39, 0.29) is 30.2 Å². The number of aliphatic hydroxyl groups is 1. The Morgan fingerprint density at radius 1 is 1.29 bits per heavy atom. The number of aromatic nitrogens is 3. The molecule has 1 saturated heterocycles. The molecule has 3 aromatic heterocycles. The van der Waals surface area contributed by atoms with Gasteiger partial charge in [0.15, 0.2) is 0 Å². The third-order valence-corrected chi connectivity index (χ3v) is 6.16. The molecule has 1 aliphatic carbocycles. The molecule has 4 heterocycles. The standard InChI is InChI=1S/C21H22F3N5O2/c1-31-17-7-19-26-9-15(29(19)11-12(17)20(5-6-20)21(22,23)24)13-3-2-4-18(27-13)28-14-8-25-10-16(14)30/h2-4,7,9,11,14,16,25,30H,5-6,8,10H2,1H3,(H,27,28). The molecular formula is C21H22F3N5O2. The first-order valence-corrected chi connectivity index (χ1v) is 10.1. The number of halogens is 3. The molecule has 2 atom stereocenters. The molecule has 5 rings (SSSR count). The molecule has 0 spiro atoms. The Labute approximate surface area is 176 Å². The summed E-state index contributed by atoms with van der Waals surface area (Å²) in [4.78, 5) is 8.94. The largest absolute Gasteiger partial charge is 0.496 e. The third kappa shape index (κ3) is 3.30. The maximum absolute atomic E-state index is 13.8. The van der Waals surface area contributed by atoms with E-state index in [1.54, 1.807) is 28.8 Å². The van der Waals surface area contributed by atoms with Crippen LogP contribution in [0.5, 0.6) is 5.75 Å². The lowest BCUT2D eigenvalue weighted by atomic mass is 9.96. The number of nitrogens with zero attached hydrogens (tertiary/aromatic N) is 3. The second-order valence-corrected chi connectivity index (χ2v) is 8.09. The van der Waals surface area contributed by atoms with Gasteiger partial charge in [-0.05, 0) is 25.0 Å². The van der Waals surface area contributed by atoms with Crippen LogP contribution >= 0.6 is 0 Å². The van der Waals surface area contributed by atoms with Crippen LogP contribution in [0.4, 0.5) is 19.0 Å². The number of alkyl halides is 3. The van der Waals surface area contributed by atoms with Crippen molar-refractivity contribution in [3.63, 3.8) is 0 Å². The fourth-order valence-corrected chi connectivity index (χ4v) is 4.21. The summed E-state index contributed by atoms with van der Waals surface area (Å²) in [6, 6.07) is 6.74. The molecule has 2 fully saturated rings. The Bertz CT molecular complexity index is 1130. The Morgan fingerprint density at radius 3 is 2.74 bits per heavy atom. The Morgan fingerprint density at radius 2 is 2.10 bits per heavy atom. The molecule has 3 aromatic rings. The van der Waals surface area contributed by atoms with Crippen LogP contribution in [0.25, 0.3) is 17.0 Å². The quantitative estimate of drug-likeness (QED) is 0.574. The molecule has 164 valence electrons. The Balaban J connectivity index is 1.56. The van der Waals surface area contributed by atoms with E-state index >= 15 is 0 Å². The molecule has 0 aromatic carbocycles. The van der Waals surface area contributed by atoms with Crippen molar-refractivity contribution in [1.82, 2.24) is 19.7 Å². The molecule has 31 heavy (non-hydrogen) atoms. The van der Waals surface area contributed by atoms with E-state index in [0.29, 0.717) is 35.9 Å². The number of aliphatic hydroxyl groups excluding tert-OH is 1. The molecule has 2 unspecified atom stereocenters. The van der Waals surface area contributed by atoms with Crippen molar-refractivity contribution in [3.8, 4) is 17.1 Å². The molecule has 0 bridgehead atoms. The Hall–Kier alpha value is -2.85. The van der Waals surface area contributed by atoms with Gasteiger partial charge in [-0.1, -0.05) is 6.07 Å². The SMILES string of the molecule is COc1cc2ncc(-c3cccc(NC4CNCC4O)n3)n2cc1C1(C(F)(F)F)CC1. The minimum atomic E-state index is -4.35. The molecule has 0 radical (unpaired) electrons. The summed E-state index contributed by atoms with van der Waals surface area (Å²) in [7, 11) is 1.37. The summed E-state index contributed by atoms with van der Waals surface area (Å²) in [6.45, 7) is 1.13. The van der Waals surface area contributed by atoms with Gasteiger partial charge in [0, 0.05) is 30.9 Å². The lowest BCUT2D eigenvalue weighted by Gasteiger charge is -2.22. The number of rotatable bonds is 5. The van der Waals surface area contributed by atoms with E-state index in [1.807, 2.05) is 0 Å². The van der Waals surface area contributed by atoms with Crippen LogP contribution in [-0.4, -0.2) is 58.0 Å². The summed E-state index contributed by atoms with van der Waals surface area (Å²) in [5, 5.41) is 16.3. The van der Waals surface area contributed by atoms with Gasteiger partial charge in [0.05, 0.1) is 42.3 Å². The van der Waals surface area contributed by atoms with E-state index in [0.717, 1.165) is 0 Å². The topological polar surface area (TPSA) is 83.7 Å². The van der Waals surface area contributed by atoms with E-state index in [2.05, 4.69) is 20.6 Å². The number of fused-ring (bicyclic) bond motifs is 1. The summed E-state index contributed by atoms with van der Waals surface area (Å²) in [5.74, 6) is 0.758. The smallest absolute Gasteiger partial charge is 0.398 e. The molecule has 0 amide bonds. The highest BCUT2D eigenvalue weighted by Crippen LogP contribution is 2.60. The number of hydrogen-bond donors (Lipinski definition) is 3. The van der Waals surface area contributed by atoms with Crippen molar-refractivity contribution in [2.45, 2.75) is 36.6 Å². The van der Waals surface area contributed by atoms with Crippen molar-refractivity contribution in [2.75, 3.05) is 25.5 Å². The molecule has 1 saturated carbocycles. The highest BCUT2D eigenvalue weighted by atomic mass is 19.4. The normalized spacial score (nSPS) is 22.6. The number of ether oxygens (including phenoxy) is 1. The second kappa shape index (κ2) is 7.10. The number of imidazole rings is 1. The minimum Gasteiger partial charge on any atom is -0.496 e. The van der Waals surface area contributed by atoms with Crippen molar-refractivity contribution in [2.24, 2.45) is 0 Å². The van der Waals surface area contributed by atoms with Gasteiger partial charge in [-0.2, -0.15) is 13.2 Å². The molecule has 2 aliphatic rings. The van der Waals surface area contributed by atoms with Crippen molar-refractivity contribution in [1.29, 1.82) is 0 Å². The van der Waals surface area contributed by atoms with Crippen LogP contribution in [0.2, 0.25) is 0 Å². The average molecular weight is 433 g/mol. The molecule has 10 heteroatoms. The van der Waals surface area contributed by atoms with Crippen LogP contribution < -0.4 is 15.4 Å². The Kier molecular flexibility index (Phi) is 4.60. The number of pyridine rings is 2. The van der Waals surface area contributed by atoms with Gasteiger partial charge in [0.1, 0.15) is 17.2 Å². The lowest BCUT2D eigenvalue weighted by Crippen LogP contribution is -2.32. The first kappa shape index (κ1) is 20.1. The molecule has 7 nitrogen and oxygen atoms in total. The van der Waals surface area contributed by atoms with Crippen molar-refractivity contribution < 1.29 is 23.0 Å². The van der Waals surface area contributed by atoms with Gasteiger partial charge >= 0.3 is 6.18 Å². The van der Waals surface area contributed by atoms with Crippen molar-refractivity contribution >= 4 is 11.5 Å². The van der Waals surface area contributed by atoms with Gasteiger partial charge in [-0.3, -0.25) is 4.40 Å². The zero-order valence-corrected chi connectivity index (χ0v) is 16.8. The van der Waals surface area contributed by atoms with E-state index in [4.69, 9.17) is 4.74 Å². The first-order chi connectivity index (χ1) is 14.8. The average Bonchev–Trinajstić information content (AvgIpc) is 3.33. The van der Waals surface area contributed by atoms with Gasteiger partial charge in [-0.25, -0.2) is 9.97 Å². The first-order valence-electron chi connectivity index (χ1n) is 10.1. The van der Waals surface area contributed by atoms with Gasteiger partial charge in [-0.15, -0.1) is 0 Å². The van der Waals surface area contributed by atoms with Crippen LogP contribution in [0.1, 0.15) is 18.4 Å². The fraction of sp³-hybridized carbons (Fsp3) is 0.429. The predicted molar refractivity (Wildman–Crippen MR) is 108 cm³/mol. The van der Waals surface area contributed by atoms with Gasteiger partial charge in [0.25, 0.3) is 0 Å². The highest BCUT2D eigenvalue weighted by molar-refractivity contribution is 5.64. The highest BCUT2D eigenvalue weighted by Gasteiger charge is 2.65. The lowest BCUT2D eigenvalue weighted by molar-refractivity contribution is -0.161. The van der Waals surface area contributed by atoms with Crippen LogP contribution in [0, 0.1) is 0 Å². The van der Waals surface area contributed by atoms with E-state index in [1.165, 1.54) is 19.4 Å². The summed E-state index contributed by atoms with van der Waals surface area (Å²) < 4.78 is 48.3. The maximum Gasteiger partial charge on any atom is 0.398 e. The van der Waals surface area contributed by atoms with Gasteiger partial charge < -0.3 is 20.5 Å². The monoisotopic (exact) mass is 433 g/mol. The number of β-amino-alcohol motifs (C(OH)–C–C–N with tert-alkyl or cyclic N) is 1. The number of hydrogen-bond acceptors (Lipinski definition) is 6. The van der Waals surface area contributed by atoms with Crippen molar-refractivity contribution in [3.05, 3.63) is 42.2 Å². The van der Waals surface area contributed by atoms with Crippen LogP contribution in [-0.2, 0) is 5.41 Å². The van der Waals surface area contributed by atoms with Crippen LogP contribution in [0.3, 0.4) is 0 Å². The molecule has 1 aliphatic heterocycles. The van der Waals surface area contributed by atoms with E-state index < -0.39 is 17.7 Å². The fourth-order valence-electron chi connectivity index (χ4n) is 4.21. The summed E-state index contributed by atoms with van der Waals surface area (Å²) >= 11 is 0. The summed E-state index contributed by atoms with van der Waals surface area (Å²) in [5.41, 5.74) is -0.152. The second-order valence-electron chi connectivity index (χ2n) is 8.09. The molecule has 3 N–H and O–H groups in total. The van der Waals surface area contributed by atoms with Gasteiger partial charge in [0.2, 0.25) is 0 Å². The number of methoxy groups -OCH3 is 1. The zero-order valence-electron chi connectivity index (χ0n) is 16.8. The minimum absolute atomic E-state index is 0.0395. The molecular weight excluding hydrogens is 411 g/mol.